The minimum absolute atomic E-state index is 0.0634. The van der Waals surface area contributed by atoms with Gasteiger partial charge < -0.3 is 9.47 Å². The van der Waals surface area contributed by atoms with Gasteiger partial charge in [-0.05, 0) is 49.8 Å². The quantitative estimate of drug-likeness (QED) is 0.496. The van der Waals surface area contributed by atoms with Crippen LogP contribution in [0.3, 0.4) is 0 Å². The van der Waals surface area contributed by atoms with E-state index in [-0.39, 0.29) is 12.2 Å². The van der Waals surface area contributed by atoms with E-state index in [9.17, 15) is 9.59 Å². The van der Waals surface area contributed by atoms with Crippen molar-refractivity contribution in [2.24, 2.45) is 0 Å². The molecule has 0 fully saturated rings. The second-order valence-electron chi connectivity index (χ2n) is 5.89. The maximum Gasteiger partial charge on any atom is 0.331 e. The number of hydrogen-bond acceptors (Lipinski definition) is 5. The van der Waals surface area contributed by atoms with Crippen molar-refractivity contribution < 1.29 is 14.3 Å². The monoisotopic (exact) mass is 364 g/mol. The van der Waals surface area contributed by atoms with Crippen LogP contribution >= 0.6 is 0 Å². The highest BCUT2D eigenvalue weighted by atomic mass is 16.5. The summed E-state index contributed by atoms with van der Waals surface area (Å²) in [6, 6.07) is 14.2. The van der Waals surface area contributed by atoms with Crippen molar-refractivity contribution in [1.82, 2.24) is 9.38 Å². The Morgan fingerprint density at radius 2 is 1.96 bits per heavy atom. The first-order valence-corrected chi connectivity index (χ1v) is 8.63. The number of carbonyl (C=O) groups excluding carboxylic acids is 1. The van der Waals surface area contributed by atoms with E-state index in [0.717, 1.165) is 17.0 Å². The molecule has 0 unspecified atom stereocenters. The third-order valence-corrected chi connectivity index (χ3v) is 3.90. The fraction of sp³-hybridized carbons (Fsp3) is 0.190. The summed E-state index contributed by atoms with van der Waals surface area (Å²) in [5.41, 5.74) is 2.39. The van der Waals surface area contributed by atoms with Gasteiger partial charge in [0.2, 0.25) is 0 Å². The topological polar surface area (TPSA) is 69.9 Å². The summed E-state index contributed by atoms with van der Waals surface area (Å²) in [5.74, 6) is 0.274. The van der Waals surface area contributed by atoms with E-state index in [4.69, 9.17) is 9.47 Å². The van der Waals surface area contributed by atoms with Gasteiger partial charge in [0.1, 0.15) is 18.0 Å². The van der Waals surface area contributed by atoms with E-state index < -0.39 is 5.97 Å². The second-order valence-corrected chi connectivity index (χ2v) is 5.89. The zero-order chi connectivity index (χ0) is 19.2. The lowest BCUT2D eigenvalue weighted by atomic mass is 10.2. The van der Waals surface area contributed by atoms with E-state index in [2.05, 4.69) is 4.98 Å². The Bertz CT molecular complexity index is 1040. The summed E-state index contributed by atoms with van der Waals surface area (Å²) >= 11 is 0. The highest BCUT2D eigenvalue weighted by Gasteiger charge is 2.06. The van der Waals surface area contributed by atoms with Gasteiger partial charge >= 0.3 is 5.97 Å². The molecule has 1 aromatic carbocycles. The third kappa shape index (κ3) is 4.61. The van der Waals surface area contributed by atoms with Crippen molar-refractivity contribution in [3.05, 3.63) is 81.9 Å². The van der Waals surface area contributed by atoms with Crippen LogP contribution in [0.1, 0.15) is 23.9 Å². The summed E-state index contributed by atoms with van der Waals surface area (Å²) in [5, 5.41) is 0. The van der Waals surface area contributed by atoms with Crippen molar-refractivity contribution in [2.75, 3.05) is 6.61 Å². The van der Waals surface area contributed by atoms with E-state index in [1.807, 2.05) is 50.2 Å². The average Bonchev–Trinajstić information content (AvgIpc) is 2.66. The molecular weight excluding hydrogens is 344 g/mol. The first-order valence-electron chi connectivity index (χ1n) is 8.63. The van der Waals surface area contributed by atoms with Crippen LogP contribution in [0.2, 0.25) is 0 Å². The molecule has 138 valence electrons. The minimum Gasteiger partial charge on any atom is -0.494 e. The lowest BCUT2D eigenvalue weighted by Crippen LogP contribution is -2.18. The first-order chi connectivity index (χ1) is 13.1. The van der Waals surface area contributed by atoms with Gasteiger partial charge in [0.25, 0.3) is 5.56 Å². The molecule has 0 aliphatic heterocycles. The predicted molar refractivity (Wildman–Crippen MR) is 103 cm³/mol. The van der Waals surface area contributed by atoms with Crippen molar-refractivity contribution in [3.63, 3.8) is 0 Å². The van der Waals surface area contributed by atoms with Crippen LogP contribution in [0.15, 0.2) is 59.4 Å². The summed E-state index contributed by atoms with van der Waals surface area (Å²) in [6.07, 6.45) is 3.00. The first kappa shape index (κ1) is 18.4. The van der Waals surface area contributed by atoms with Crippen molar-refractivity contribution >= 4 is 17.7 Å². The minimum atomic E-state index is -0.505. The number of nitrogens with zero attached hydrogens (tertiary/aromatic N) is 2. The lowest BCUT2D eigenvalue weighted by molar-refractivity contribution is -0.139. The zero-order valence-corrected chi connectivity index (χ0v) is 15.2. The molecule has 0 atom stereocenters. The fourth-order valence-corrected chi connectivity index (χ4v) is 2.64. The van der Waals surface area contributed by atoms with Crippen LogP contribution in [0.4, 0.5) is 0 Å². The van der Waals surface area contributed by atoms with Gasteiger partial charge in [-0.15, -0.1) is 0 Å². The van der Waals surface area contributed by atoms with E-state index >= 15 is 0 Å². The van der Waals surface area contributed by atoms with Gasteiger partial charge in [0, 0.05) is 17.8 Å². The number of hydrogen-bond donors (Lipinski definition) is 0. The zero-order valence-electron chi connectivity index (χ0n) is 15.2. The molecule has 3 aromatic rings. The summed E-state index contributed by atoms with van der Waals surface area (Å²) in [4.78, 5) is 28.5. The Morgan fingerprint density at radius 3 is 2.70 bits per heavy atom. The van der Waals surface area contributed by atoms with Crippen LogP contribution in [0.5, 0.6) is 5.75 Å². The van der Waals surface area contributed by atoms with Crippen LogP contribution in [0.25, 0.3) is 11.7 Å². The maximum atomic E-state index is 12.2. The number of aryl methyl sites for hydroxylation is 1. The molecule has 0 aliphatic carbocycles. The molecule has 0 radical (unpaired) electrons. The Labute approximate surface area is 156 Å². The molecule has 2 heterocycles. The fourth-order valence-electron chi connectivity index (χ4n) is 2.64. The average molecular weight is 364 g/mol. The number of ether oxygens (including phenoxy) is 2. The number of rotatable bonds is 6. The van der Waals surface area contributed by atoms with Crippen molar-refractivity contribution in [1.29, 1.82) is 0 Å². The second kappa shape index (κ2) is 8.31. The Hall–Kier alpha value is -3.41. The van der Waals surface area contributed by atoms with Gasteiger partial charge in [0.05, 0.1) is 12.3 Å². The number of carbonyl (C=O) groups is 1. The summed E-state index contributed by atoms with van der Waals surface area (Å²) in [7, 11) is 0. The molecule has 2 aromatic heterocycles. The number of fused-ring (bicyclic) bond motifs is 1. The van der Waals surface area contributed by atoms with Crippen molar-refractivity contribution in [2.45, 2.75) is 20.5 Å². The SMILES string of the molecule is CCOc1ccc(/C=C/C(=O)OCc2cc(=O)n3c(C)cccc3n2)cc1. The van der Waals surface area contributed by atoms with Crippen LogP contribution < -0.4 is 10.3 Å². The molecule has 0 N–H and O–H groups in total. The van der Waals surface area contributed by atoms with Crippen LogP contribution in [0, 0.1) is 6.92 Å². The van der Waals surface area contributed by atoms with Gasteiger partial charge in [-0.2, -0.15) is 0 Å². The highest BCUT2D eigenvalue weighted by Crippen LogP contribution is 2.13. The summed E-state index contributed by atoms with van der Waals surface area (Å²) < 4.78 is 12.1. The molecule has 0 spiro atoms. The van der Waals surface area contributed by atoms with Gasteiger partial charge in [-0.25, -0.2) is 9.78 Å². The molecule has 0 saturated carbocycles. The largest absolute Gasteiger partial charge is 0.494 e. The lowest BCUT2D eigenvalue weighted by Gasteiger charge is -2.06. The molecule has 3 rings (SSSR count). The number of aromatic nitrogens is 2. The van der Waals surface area contributed by atoms with Gasteiger partial charge in [0.15, 0.2) is 0 Å². The van der Waals surface area contributed by atoms with E-state index in [0.29, 0.717) is 17.9 Å². The molecular formula is C21H20N2O4. The molecule has 0 amide bonds. The number of esters is 1. The van der Waals surface area contributed by atoms with E-state index in [1.165, 1.54) is 16.5 Å². The molecule has 0 bridgehead atoms. The Balaban J connectivity index is 1.63. The van der Waals surface area contributed by atoms with E-state index in [1.54, 1.807) is 12.1 Å². The number of pyridine rings is 1. The number of benzene rings is 1. The molecule has 27 heavy (non-hydrogen) atoms. The summed E-state index contributed by atoms with van der Waals surface area (Å²) in [6.45, 7) is 4.30. The maximum absolute atomic E-state index is 12.2. The standard InChI is InChI=1S/C21H20N2O4/c1-3-26-18-10-7-16(8-11-18)9-12-21(25)27-14-17-13-20(24)23-15(2)5-4-6-19(23)22-17/h4-13H,3,14H2,1-2H3/b12-9+. The predicted octanol–water partition coefficient (Wildman–Crippen LogP) is 3.16. The van der Waals surface area contributed by atoms with Crippen LogP contribution in [-0.2, 0) is 16.1 Å². The molecule has 0 saturated heterocycles. The molecule has 6 nitrogen and oxygen atoms in total. The van der Waals surface area contributed by atoms with Crippen LogP contribution in [-0.4, -0.2) is 22.0 Å². The highest BCUT2D eigenvalue weighted by molar-refractivity contribution is 5.87. The molecule has 0 aliphatic rings. The third-order valence-electron chi connectivity index (χ3n) is 3.90. The van der Waals surface area contributed by atoms with Gasteiger partial charge in [-0.3, -0.25) is 9.20 Å². The smallest absolute Gasteiger partial charge is 0.331 e. The Morgan fingerprint density at radius 1 is 1.19 bits per heavy atom. The van der Waals surface area contributed by atoms with Gasteiger partial charge in [-0.1, -0.05) is 18.2 Å². The van der Waals surface area contributed by atoms with Crippen molar-refractivity contribution in [3.8, 4) is 5.75 Å². The molecule has 6 heteroatoms. The normalized spacial score (nSPS) is 11.0. The Kier molecular flexibility index (Phi) is 5.66.